The zero-order valence-corrected chi connectivity index (χ0v) is 13.5. The fourth-order valence-corrected chi connectivity index (χ4v) is 4.20. The summed E-state index contributed by atoms with van der Waals surface area (Å²) in [4.78, 5) is 13.7. The van der Waals surface area contributed by atoms with Crippen molar-refractivity contribution in [1.82, 2.24) is 14.9 Å². The SMILES string of the molecule is COc1cc(N2CCC[C@@]3(CCN(CC4CC4)C3)C2)ncn1. The Bertz CT molecular complexity index is 533. The summed E-state index contributed by atoms with van der Waals surface area (Å²) >= 11 is 0. The van der Waals surface area contributed by atoms with Gasteiger partial charge in [0, 0.05) is 37.7 Å². The molecule has 3 aliphatic rings. The first-order valence-electron chi connectivity index (χ1n) is 8.60. The molecule has 4 rings (SSSR count). The van der Waals surface area contributed by atoms with Crippen LogP contribution in [0.3, 0.4) is 0 Å². The van der Waals surface area contributed by atoms with E-state index in [9.17, 15) is 0 Å². The van der Waals surface area contributed by atoms with E-state index in [1.165, 1.54) is 51.7 Å². The van der Waals surface area contributed by atoms with Crippen molar-refractivity contribution in [3.8, 4) is 5.88 Å². The second kappa shape index (κ2) is 5.69. The molecule has 0 bridgehead atoms. The van der Waals surface area contributed by atoms with Gasteiger partial charge >= 0.3 is 0 Å². The minimum Gasteiger partial charge on any atom is -0.481 e. The fraction of sp³-hybridized carbons (Fsp3) is 0.765. The van der Waals surface area contributed by atoms with Gasteiger partial charge in [0.25, 0.3) is 0 Å². The molecular formula is C17H26N4O. The summed E-state index contributed by atoms with van der Waals surface area (Å²) in [7, 11) is 1.66. The first kappa shape index (κ1) is 14.2. The van der Waals surface area contributed by atoms with Gasteiger partial charge in [0.1, 0.15) is 12.1 Å². The summed E-state index contributed by atoms with van der Waals surface area (Å²) in [6.07, 6.45) is 8.51. The molecule has 0 aromatic carbocycles. The average molecular weight is 302 g/mol. The highest BCUT2D eigenvalue weighted by molar-refractivity contribution is 5.41. The monoisotopic (exact) mass is 302 g/mol. The minimum atomic E-state index is 0.478. The number of anilines is 1. The van der Waals surface area contributed by atoms with Crippen LogP contribution in [-0.2, 0) is 0 Å². The van der Waals surface area contributed by atoms with Crippen LogP contribution in [0.15, 0.2) is 12.4 Å². The van der Waals surface area contributed by atoms with Crippen LogP contribution >= 0.6 is 0 Å². The van der Waals surface area contributed by atoms with Gasteiger partial charge in [-0.1, -0.05) is 0 Å². The summed E-state index contributed by atoms with van der Waals surface area (Å²) in [6.45, 7) is 6.14. The Hall–Kier alpha value is -1.36. The molecule has 3 fully saturated rings. The van der Waals surface area contributed by atoms with Gasteiger partial charge in [-0.15, -0.1) is 0 Å². The summed E-state index contributed by atoms with van der Waals surface area (Å²) in [5, 5.41) is 0. The van der Waals surface area contributed by atoms with E-state index in [0.29, 0.717) is 11.3 Å². The summed E-state index contributed by atoms with van der Waals surface area (Å²) in [6, 6.07) is 1.97. The van der Waals surface area contributed by atoms with Gasteiger partial charge in [0.05, 0.1) is 7.11 Å². The van der Waals surface area contributed by atoms with E-state index in [-0.39, 0.29) is 0 Å². The zero-order valence-electron chi connectivity index (χ0n) is 13.5. The summed E-state index contributed by atoms with van der Waals surface area (Å²) in [5.41, 5.74) is 0.478. The van der Waals surface area contributed by atoms with Crippen LogP contribution in [0, 0.1) is 11.3 Å². The predicted molar refractivity (Wildman–Crippen MR) is 86.2 cm³/mol. The molecular weight excluding hydrogens is 276 g/mol. The molecule has 2 saturated heterocycles. The maximum Gasteiger partial charge on any atom is 0.218 e. The molecule has 0 amide bonds. The Labute approximate surface area is 132 Å². The Morgan fingerprint density at radius 3 is 2.95 bits per heavy atom. The predicted octanol–water partition coefficient (Wildman–Crippen LogP) is 2.19. The summed E-state index contributed by atoms with van der Waals surface area (Å²) in [5.74, 6) is 2.68. The number of piperidine rings is 1. The van der Waals surface area contributed by atoms with Crippen molar-refractivity contribution in [2.75, 3.05) is 44.7 Å². The Morgan fingerprint density at radius 2 is 2.14 bits per heavy atom. The molecule has 120 valence electrons. The normalized spacial score (nSPS) is 29.2. The van der Waals surface area contributed by atoms with E-state index in [4.69, 9.17) is 4.74 Å². The number of hydrogen-bond acceptors (Lipinski definition) is 5. The molecule has 1 aliphatic carbocycles. The maximum absolute atomic E-state index is 5.24. The molecule has 1 aromatic heterocycles. The first-order chi connectivity index (χ1) is 10.8. The lowest BCUT2D eigenvalue weighted by Crippen LogP contribution is -2.45. The van der Waals surface area contributed by atoms with Crippen LogP contribution in [-0.4, -0.2) is 54.7 Å². The lowest BCUT2D eigenvalue weighted by molar-refractivity contribution is 0.216. The molecule has 1 saturated carbocycles. The van der Waals surface area contributed by atoms with Crippen molar-refractivity contribution in [3.05, 3.63) is 12.4 Å². The second-order valence-electron chi connectivity index (χ2n) is 7.37. The Kier molecular flexibility index (Phi) is 3.68. The van der Waals surface area contributed by atoms with E-state index in [0.717, 1.165) is 24.8 Å². The molecule has 0 N–H and O–H groups in total. The topological polar surface area (TPSA) is 41.5 Å². The first-order valence-corrected chi connectivity index (χ1v) is 8.60. The molecule has 5 nitrogen and oxygen atoms in total. The van der Waals surface area contributed by atoms with Crippen molar-refractivity contribution in [2.45, 2.75) is 32.1 Å². The van der Waals surface area contributed by atoms with Gasteiger partial charge in [0.2, 0.25) is 5.88 Å². The average Bonchev–Trinajstić information content (AvgIpc) is 3.29. The number of nitrogens with zero attached hydrogens (tertiary/aromatic N) is 4. The molecule has 22 heavy (non-hydrogen) atoms. The van der Waals surface area contributed by atoms with Crippen LogP contribution in [0.25, 0.3) is 0 Å². The van der Waals surface area contributed by atoms with Gasteiger partial charge in [-0.2, -0.15) is 0 Å². The van der Waals surface area contributed by atoms with E-state index in [2.05, 4.69) is 19.8 Å². The number of ether oxygens (including phenoxy) is 1. The summed E-state index contributed by atoms with van der Waals surface area (Å²) < 4.78 is 5.24. The second-order valence-corrected chi connectivity index (χ2v) is 7.37. The van der Waals surface area contributed by atoms with Crippen molar-refractivity contribution >= 4 is 5.82 Å². The molecule has 2 aliphatic heterocycles. The largest absolute Gasteiger partial charge is 0.481 e. The molecule has 0 unspecified atom stereocenters. The molecule has 5 heteroatoms. The fourth-order valence-electron chi connectivity index (χ4n) is 4.20. The molecule has 1 spiro atoms. The number of rotatable bonds is 4. The van der Waals surface area contributed by atoms with Crippen LogP contribution in [0.2, 0.25) is 0 Å². The highest BCUT2D eigenvalue weighted by atomic mass is 16.5. The lowest BCUT2D eigenvalue weighted by Gasteiger charge is -2.41. The zero-order chi connectivity index (χ0) is 15.0. The Balaban J connectivity index is 1.44. The van der Waals surface area contributed by atoms with Crippen LogP contribution < -0.4 is 9.64 Å². The lowest BCUT2D eigenvalue weighted by atomic mass is 9.79. The quantitative estimate of drug-likeness (QED) is 0.853. The van der Waals surface area contributed by atoms with Crippen molar-refractivity contribution < 1.29 is 4.74 Å². The Morgan fingerprint density at radius 1 is 1.23 bits per heavy atom. The molecule has 0 radical (unpaired) electrons. The highest BCUT2D eigenvalue weighted by Crippen LogP contribution is 2.41. The van der Waals surface area contributed by atoms with Crippen LogP contribution in [0.5, 0.6) is 5.88 Å². The number of aromatic nitrogens is 2. The smallest absolute Gasteiger partial charge is 0.218 e. The van der Waals surface area contributed by atoms with Gasteiger partial charge < -0.3 is 14.5 Å². The van der Waals surface area contributed by atoms with E-state index < -0.39 is 0 Å². The van der Waals surface area contributed by atoms with Gasteiger partial charge in [0.15, 0.2) is 0 Å². The standard InChI is InChI=1S/C17H26N4O/c1-22-16-9-15(18-13-19-16)21-7-2-5-17(12-21)6-8-20(11-17)10-14-3-4-14/h9,13-14H,2-8,10-12H2,1H3/t17-/m0/s1. The third-order valence-corrected chi connectivity index (χ3v) is 5.55. The van der Waals surface area contributed by atoms with Crippen LogP contribution in [0.1, 0.15) is 32.1 Å². The van der Waals surface area contributed by atoms with Gasteiger partial charge in [-0.3, -0.25) is 0 Å². The number of likely N-dealkylation sites (tertiary alicyclic amines) is 1. The van der Waals surface area contributed by atoms with Gasteiger partial charge in [-0.05, 0) is 44.6 Å². The third kappa shape index (κ3) is 2.91. The number of hydrogen-bond donors (Lipinski definition) is 0. The number of methoxy groups -OCH3 is 1. The van der Waals surface area contributed by atoms with Crippen molar-refractivity contribution in [1.29, 1.82) is 0 Å². The maximum atomic E-state index is 5.24. The molecule has 3 heterocycles. The van der Waals surface area contributed by atoms with Crippen molar-refractivity contribution in [3.63, 3.8) is 0 Å². The third-order valence-electron chi connectivity index (χ3n) is 5.55. The minimum absolute atomic E-state index is 0.478. The molecule has 1 aromatic rings. The van der Waals surface area contributed by atoms with E-state index in [1.807, 2.05) is 6.07 Å². The molecule has 1 atom stereocenters. The van der Waals surface area contributed by atoms with Gasteiger partial charge in [-0.25, -0.2) is 9.97 Å². The van der Waals surface area contributed by atoms with Crippen molar-refractivity contribution in [2.24, 2.45) is 11.3 Å². The van der Waals surface area contributed by atoms with Crippen LogP contribution in [0.4, 0.5) is 5.82 Å². The van der Waals surface area contributed by atoms with E-state index >= 15 is 0 Å². The van der Waals surface area contributed by atoms with E-state index in [1.54, 1.807) is 13.4 Å². The highest BCUT2D eigenvalue weighted by Gasteiger charge is 2.42.